The molecule has 0 saturated heterocycles. The highest BCUT2D eigenvalue weighted by Crippen LogP contribution is 2.25. The van der Waals surface area contributed by atoms with Crippen molar-refractivity contribution in [2.45, 2.75) is 33.4 Å². The maximum absolute atomic E-state index is 10.3. The van der Waals surface area contributed by atoms with Gasteiger partial charge in [-0.15, -0.1) is 0 Å². The van der Waals surface area contributed by atoms with Crippen LogP contribution < -0.4 is 4.74 Å². The summed E-state index contributed by atoms with van der Waals surface area (Å²) < 4.78 is 7.62. The predicted molar refractivity (Wildman–Crippen MR) is 96.9 cm³/mol. The molecule has 3 rings (SSSR count). The first-order valence-corrected chi connectivity index (χ1v) is 8.31. The Balaban J connectivity index is 1.70. The van der Waals surface area contributed by atoms with Gasteiger partial charge in [0.15, 0.2) is 0 Å². The molecule has 1 atom stereocenters. The number of rotatable bonds is 5. The first-order valence-electron chi connectivity index (χ1n) is 7.93. The molecular formula is C19H21ClN2O2. The van der Waals surface area contributed by atoms with Crippen molar-refractivity contribution in [1.82, 2.24) is 9.55 Å². The van der Waals surface area contributed by atoms with Crippen LogP contribution in [0.15, 0.2) is 36.7 Å². The number of aryl methyl sites for hydroxylation is 3. The molecule has 1 N–H and O–H groups in total. The minimum Gasteiger partial charge on any atom is -0.489 e. The van der Waals surface area contributed by atoms with Crippen LogP contribution in [0, 0.1) is 20.8 Å². The first-order chi connectivity index (χ1) is 11.4. The fourth-order valence-corrected chi connectivity index (χ4v) is 2.82. The van der Waals surface area contributed by atoms with Crippen molar-refractivity contribution in [3.8, 4) is 5.75 Å². The van der Waals surface area contributed by atoms with Crippen LogP contribution in [0.3, 0.4) is 0 Å². The smallest absolute Gasteiger partial charge is 0.138 e. The molecule has 0 fully saturated rings. The van der Waals surface area contributed by atoms with E-state index in [-0.39, 0.29) is 6.61 Å². The highest BCUT2D eigenvalue weighted by molar-refractivity contribution is 6.32. The fourth-order valence-electron chi connectivity index (χ4n) is 2.65. The van der Waals surface area contributed by atoms with Crippen LogP contribution in [-0.4, -0.2) is 27.4 Å². The molecule has 0 radical (unpaired) electrons. The highest BCUT2D eigenvalue weighted by Gasteiger charge is 2.12. The third kappa shape index (κ3) is 3.55. The van der Waals surface area contributed by atoms with E-state index in [2.05, 4.69) is 31.0 Å². The molecule has 4 nitrogen and oxygen atoms in total. The van der Waals surface area contributed by atoms with E-state index in [1.165, 1.54) is 11.1 Å². The third-order valence-electron chi connectivity index (χ3n) is 4.16. The average molecular weight is 345 g/mol. The van der Waals surface area contributed by atoms with Gasteiger partial charge in [0, 0.05) is 0 Å². The number of hydrogen-bond acceptors (Lipinski definition) is 3. The van der Waals surface area contributed by atoms with Gasteiger partial charge in [-0.2, -0.15) is 0 Å². The van der Waals surface area contributed by atoms with Crippen molar-refractivity contribution in [2.24, 2.45) is 0 Å². The van der Waals surface area contributed by atoms with Crippen molar-refractivity contribution in [3.63, 3.8) is 0 Å². The molecular weight excluding hydrogens is 324 g/mol. The topological polar surface area (TPSA) is 47.3 Å². The minimum absolute atomic E-state index is 0.174. The Hall–Kier alpha value is -2.04. The van der Waals surface area contributed by atoms with E-state index in [9.17, 15) is 5.11 Å². The molecule has 24 heavy (non-hydrogen) atoms. The zero-order valence-corrected chi connectivity index (χ0v) is 14.8. The second-order valence-corrected chi connectivity index (χ2v) is 6.63. The minimum atomic E-state index is -0.652. The molecule has 0 amide bonds. The number of halogens is 1. The Morgan fingerprint density at radius 3 is 2.71 bits per heavy atom. The number of ether oxygens (including phenoxy) is 1. The van der Waals surface area contributed by atoms with E-state index < -0.39 is 6.10 Å². The Kier molecular flexibility index (Phi) is 4.78. The van der Waals surface area contributed by atoms with E-state index in [0.29, 0.717) is 17.3 Å². The molecule has 3 aromatic rings. The molecule has 126 valence electrons. The third-order valence-corrected chi connectivity index (χ3v) is 4.47. The monoisotopic (exact) mass is 344 g/mol. The summed E-state index contributed by atoms with van der Waals surface area (Å²) in [5, 5.41) is 10.9. The zero-order valence-electron chi connectivity index (χ0n) is 14.1. The van der Waals surface area contributed by atoms with Gasteiger partial charge in [-0.25, -0.2) is 4.98 Å². The van der Waals surface area contributed by atoms with Crippen LogP contribution >= 0.6 is 11.6 Å². The predicted octanol–water partition coefficient (Wildman–Crippen LogP) is 4.05. The molecule has 0 aliphatic rings. The summed E-state index contributed by atoms with van der Waals surface area (Å²) in [4.78, 5) is 4.41. The van der Waals surface area contributed by atoms with Crippen molar-refractivity contribution in [2.75, 3.05) is 6.61 Å². The summed E-state index contributed by atoms with van der Waals surface area (Å²) >= 11 is 6.11. The van der Waals surface area contributed by atoms with Crippen LogP contribution in [0.5, 0.6) is 5.75 Å². The van der Waals surface area contributed by atoms with Gasteiger partial charge >= 0.3 is 0 Å². The summed E-state index contributed by atoms with van der Waals surface area (Å²) in [6.45, 7) is 6.71. The standard InChI is InChI=1S/C19H21ClN2O2/c1-12-4-5-16(20)19(6-12)24-10-15(23)9-22-11-21-17-7-13(2)14(3)8-18(17)22/h4-8,11,15,23H,9-10H2,1-3H3/t15-/m1/s1. The lowest BCUT2D eigenvalue weighted by atomic mass is 10.1. The van der Waals surface area contributed by atoms with Crippen LogP contribution in [0.2, 0.25) is 5.02 Å². The number of fused-ring (bicyclic) bond motifs is 1. The summed E-state index contributed by atoms with van der Waals surface area (Å²) in [6.07, 6.45) is 1.10. The quantitative estimate of drug-likeness (QED) is 0.759. The van der Waals surface area contributed by atoms with E-state index in [1.807, 2.05) is 23.6 Å². The molecule has 2 aromatic carbocycles. The number of aliphatic hydroxyl groups excluding tert-OH is 1. The number of benzene rings is 2. The summed E-state index contributed by atoms with van der Waals surface area (Å²) in [6, 6.07) is 9.76. The number of imidazole rings is 1. The Morgan fingerprint density at radius 2 is 1.92 bits per heavy atom. The fraction of sp³-hybridized carbons (Fsp3) is 0.316. The molecule has 0 saturated carbocycles. The van der Waals surface area contributed by atoms with Gasteiger partial charge in [-0.05, 0) is 61.7 Å². The second kappa shape index (κ2) is 6.83. The maximum atomic E-state index is 10.3. The van der Waals surface area contributed by atoms with Gasteiger partial charge in [0.05, 0.1) is 28.9 Å². The van der Waals surface area contributed by atoms with Crippen molar-refractivity contribution in [3.05, 3.63) is 58.4 Å². The maximum Gasteiger partial charge on any atom is 0.138 e. The second-order valence-electron chi connectivity index (χ2n) is 6.22. The van der Waals surface area contributed by atoms with Gasteiger partial charge < -0.3 is 14.4 Å². The summed E-state index contributed by atoms with van der Waals surface area (Å²) in [5.74, 6) is 0.595. The lowest BCUT2D eigenvalue weighted by molar-refractivity contribution is 0.0934. The first kappa shape index (κ1) is 16.8. The van der Waals surface area contributed by atoms with E-state index in [0.717, 1.165) is 16.6 Å². The van der Waals surface area contributed by atoms with Crippen LogP contribution in [-0.2, 0) is 6.54 Å². The Labute approximate surface area is 146 Å². The number of aliphatic hydroxyl groups is 1. The zero-order chi connectivity index (χ0) is 17.3. The van der Waals surface area contributed by atoms with Crippen molar-refractivity contribution < 1.29 is 9.84 Å². The number of aromatic nitrogens is 2. The Bertz CT molecular complexity index is 873. The molecule has 1 heterocycles. The normalized spacial score (nSPS) is 12.5. The molecule has 0 aliphatic carbocycles. The van der Waals surface area contributed by atoms with Gasteiger partial charge in [0.1, 0.15) is 18.5 Å². The summed E-state index contributed by atoms with van der Waals surface area (Å²) in [7, 11) is 0. The van der Waals surface area contributed by atoms with Crippen molar-refractivity contribution >= 4 is 22.6 Å². The van der Waals surface area contributed by atoms with E-state index in [4.69, 9.17) is 16.3 Å². The van der Waals surface area contributed by atoms with Gasteiger partial charge in [0.25, 0.3) is 0 Å². The molecule has 1 aromatic heterocycles. The molecule has 0 aliphatic heterocycles. The number of hydrogen-bond donors (Lipinski definition) is 1. The van der Waals surface area contributed by atoms with Gasteiger partial charge in [-0.3, -0.25) is 0 Å². The summed E-state index contributed by atoms with van der Waals surface area (Å²) in [5.41, 5.74) is 5.45. The number of nitrogens with zero attached hydrogens (tertiary/aromatic N) is 2. The highest BCUT2D eigenvalue weighted by atomic mass is 35.5. The lowest BCUT2D eigenvalue weighted by Gasteiger charge is -2.15. The van der Waals surface area contributed by atoms with Crippen LogP contribution in [0.4, 0.5) is 0 Å². The van der Waals surface area contributed by atoms with E-state index >= 15 is 0 Å². The van der Waals surface area contributed by atoms with Crippen LogP contribution in [0.25, 0.3) is 11.0 Å². The SMILES string of the molecule is Cc1ccc(Cl)c(OC[C@H](O)Cn2cnc3cc(C)c(C)cc32)c1. The average Bonchev–Trinajstić information content (AvgIpc) is 2.91. The Morgan fingerprint density at radius 1 is 1.17 bits per heavy atom. The van der Waals surface area contributed by atoms with Crippen molar-refractivity contribution in [1.29, 1.82) is 0 Å². The van der Waals surface area contributed by atoms with E-state index in [1.54, 1.807) is 12.4 Å². The molecule has 0 spiro atoms. The van der Waals surface area contributed by atoms with Gasteiger partial charge in [-0.1, -0.05) is 17.7 Å². The molecule has 0 unspecified atom stereocenters. The molecule has 5 heteroatoms. The molecule has 0 bridgehead atoms. The van der Waals surface area contributed by atoms with Crippen LogP contribution in [0.1, 0.15) is 16.7 Å². The van der Waals surface area contributed by atoms with Gasteiger partial charge in [0.2, 0.25) is 0 Å². The largest absolute Gasteiger partial charge is 0.489 e. The lowest BCUT2D eigenvalue weighted by Crippen LogP contribution is -2.23.